The summed E-state index contributed by atoms with van der Waals surface area (Å²) in [7, 11) is -3.84. The van der Waals surface area contributed by atoms with Crippen molar-refractivity contribution in [2.75, 3.05) is 6.54 Å². The van der Waals surface area contributed by atoms with Crippen LogP contribution in [0.4, 0.5) is 4.39 Å². The second kappa shape index (κ2) is 5.20. The molecule has 0 atom stereocenters. The van der Waals surface area contributed by atoms with Gasteiger partial charge in [-0.1, -0.05) is 12.1 Å². The van der Waals surface area contributed by atoms with E-state index in [4.69, 9.17) is 5.73 Å². The summed E-state index contributed by atoms with van der Waals surface area (Å²) in [6.07, 6.45) is 1.38. The van der Waals surface area contributed by atoms with Crippen LogP contribution in [0.25, 0.3) is 0 Å². The van der Waals surface area contributed by atoms with Crippen molar-refractivity contribution < 1.29 is 12.8 Å². The van der Waals surface area contributed by atoms with Crippen LogP contribution in [0.3, 0.4) is 0 Å². The van der Waals surface area contributed by atoms with Crippen molar-refractivity contribution in [1.82, 2.24) is 4.72 Å². The first-order valence-electron chi connectivity index (χ1n) is 4.60. The monoisotopic (exact) mass is 244 g/mol. The van der Waals surface area contributed by atoms with E-state index in [0.717, 1.165) is 6.07 Å². The maximum Gasteiger partial charge on any atom is 0.243 e. The maximum atomic E-state index is 13.3. The Morgan fingerprint density at radius 2 is 2.19 bits per heavy atom. The van der Waals surface area contributed by atoms with Gasteiger partial charge in [-0.3, -0.25) is 0 Å². The number of hydrogen-bond donors (Lipinski definition) is 2. The van der Waals surface area contributed by atoms with Crippen LogP contribution in [0.5, 0.6) is 0 Å². The van der Waals surface area contributed by atoms with Crippen LogP contribution in [0.15, 0.2) is 35.7 Å². The Balaban J connectivity index is 3.15. The maximum absolute atomic E-state index is 13.3. The number of halogens is 1. The minimum Gasteiger partial charge on any atom is -0.326 e. The molecule has 1 aromatic rings. The molecule has 88 valence electrons. The smallest absolute Gasteiger partial charge is 0.243 e. The average molecular weight is 244 g/mol. The zero-order valence-electron chi connectivity index (χ0n) is 8.61. The molecule has 16 heavy (non-hydrogen) atoms. The van der Waals surface area contributed by atoms with Gasteiger partial charge in [-0.15, -0.1) is 6.58 Å². The standard InChI is InChI=1S/C10H13FN2O2S/c1-2-5-13-16(14,15)10-6-8(7-12)3-4-9(10)11/h2-4,6,13H,1,5,7,12H2. The Hall–Kier alpha value is -1.24. The second-order valence-electron chi connectivity index (χ2n) is 3.11. The van der Waals surface area contributed by atoms with Gasteiger partial charge in [0.05, 0.1) is 0 Å². The summed E-state index contributed by atoms with van der Waals surface area (Å²) in [4.78, 5) is -0.391. The van der Waals surface area contributed by atoms with Crippen LogP contribution in [0.1, 0.15) is 5.56 Å². The van der Waals surface area contributed by atoms with E-state index in [9.17, 15) is 12.8 Å². The van der Waals surface area contributed by atoms with Crippen molar-refractivity contribution in [2.45, 2.75) is 11.4 Å². The lowest BCUT2D eigenvalue weighted by atomic mass is 10.2. The molecule has 0 aliphatic carbocycles. The van der Waals surface area contributed by atoms with E-state index < -0.39 is 20.7 Å². The van der Waals surface area contributed by atoms with Gasteiger partial charge in [-0.05, 0) is 17.7 Å². The lowest BCUT2D eigenvalue weighted by Gasteiger charge is -2.07. The number of nitrogens with two attached hydrogens (primary N) is 1. The van der Waals surface area contributed by atoms with Gasteiger partial charge in [0, 0.05) is 13.1 Å². The fourth-order valence-corrected chi connectivity index (χ4v) is 2.25. The summed E-state index contributed by atoms with van der Waals surface area (Å²) >= 11 is 0. The minimum absolute atomic E-state index is 0.0502. The van der Waals surface area contributed by atoms with Crippen LogP contribution in [-0.4, -0.2) is 15.0 Å². The number of rotatable bonds is 5. The van der Waals surface area contributed by atoms with Gasteiger partial charge in [0.2, 0.25) is 10.0 Å². The van der Waals surface area contributed by atoms with Crippen LogP contribution in [0.2, 0.25) is 0 Å². The summed E-state index contributed by atoms with van der Waals surface area (Å²) in [5.41, 5.74) is 5.91. The summed E-state index contributed by atoms with van der Waals surface area (Å²) in [5, 5.41) is 0. The van der Waals surface area contributed by atoms with Gasteiger partial charge in [0.1, 0.15) is 10.7 Å². The number of hydrogen-bond acceptors (Lipinski definition) is 3. The average Bonchev–Trinajstić information content (AvgIpc) is 2.27. The molecule has 0 bridgehead atoms. The number of benzene rings is 1. The Labute approximate surface area is 94.0 Å². The molecule has 0 fully saturated rings. The van der Waals surface area contributed by atoms with E-state index >= 15 is 0 Å². The Morgan fingerprint density at radius 1 is 1.50 bits per heavy atom. The first-order valence-corrected chi connectivity index (χ1v) is 6.08. The van der Waals surface area contributed by atoms with E-state index in [1.54, 1.807) is 0 Å². The van der Waals surface area contributed by atoms with Crippen molar-refractivity contribution in [3.05, 3.63) is 42.2 Å². The Morgan fingerprint density at radius 3 is 2.75 bits per heavy atom. The van der Waals surface area contributed by atoms with Crippen molar-refractivity contribution in [3.8, 4) is 0 Å². The number of nitrogens with one attached hydrogen (secondary N) is 1. The van der Waals surface area contributed by atoms with E-state index in [1.807, 2.05) is 0 Å². The van der Waals surface area contributed by atoms with E-state index in [1.165, 1.54) is 18.2 Å². The molecule has 1 rings (SSSR count). The summed E-state index contributed by atoms with van der Waals surface area (Å²) < 4.78 is 38.8. The van der Waals surface area contributed by atoms with Gasteiger partial charge < -0.3 is 5.73 Å². The Kier molecular flexibility index (Phi) is 4.17. The molecule has 0 aromatic heterocycles. The highest BCUT2D eigenvalue weighted by Gasteiger charge is 2.18. The molecule has 0 radical (unpaired) electrons. The summed E-state index contributed by atoms with van der Waals surface area (Å²) in [5.74, 6) is -0.797. The number of sulfonamides is 1. The molecule has 0 unspecified atom stereocenters. The predicted octanol–water partition coefficient (Wildman–Crippen LogP) is 0.749. The molecule has 4 nitrogen and oxygen atoms in total. The van der Waals surface area contributed by atoms with Crippen LogP contribution < -0.4 is 10.5 Å². The molecule has 3 N–H and O–H groups in total. The van der Waals surface area contributed by atoms with Gasteiger partial charge >= 0.3 is 0 Å². The van der Waals surface area contributed by atoms with Crippen molar-refractivity contribution in [1.29, 1.82) is 0 Å². The molecular weight excluding hydrogens is 231 g/mol. The van der Waals surface area contributed by atoms with Crippen molar-refractivity contribution in [3.63, 3.8) is 0 Å². The molecule has 0 aliphatic rings. The van der Waals surface area contributed by atoms with Crippen LogP contribution in [-0.2, 0) is 16.6 Å². The fourth-order valence-electron chi connectivity index (χ4n) is 1.13. The first kappa shape index (κ1) is 12.8. The van der Waals surface area contributed by atoms with Gasteiger partial charge in [-0.25, -0.2) is 17.5 Å². The molecule has 0 aliphatic heterocycles. The molecule has 6 heteroatoms. The Bertz CT molecular complexity index is 486. The van der Waals surface area contributed by atoms with E-state index in [0.29, 0.717) is 5.56 Å². The zero-order valence-corrected chi connectivity index (χ0v) is 9.43. The topological polar surface area (TPSA) is 72.2 Å². The van der Waals surface area contributed by atoms with Gasteiger partial charge in [0.15, 0.2) is 0 Å². The third kappa shape index (κ3) is 2.88. The zero-order chi connectivity index (χ0) is 12.2. The fraction of sp³-hybridized carbons (Fsp3) is 0.200. The normalized spacial score (nSPS) is 11.4. The molecule has 0 saturated heterocycles. The largest absolute Gasteiger partial charge is 0.326 e. The van der Waals surface area contributed by atoms with E-state index in [-0.39, 0.29) is 13.1 Å². The van der Waals surface area contributed by atoms with Crippen molar-refractivity contribution >= 4 is 10.0 Å². The molecule has 0 amide bonds. The highest BCUT2D eigenvalue weighted by Crippen LogP contribution is 2.15. The lowest BCUT2D eigenvalue weighted by Crippen LogP contribution is -2.24. The summed E-state index contributed by atoms with van der Waals surface area (Å²) in [6, 6.07) is 3.76. The predicted molar refractivity (Wildman–Crippen MR) is 59.7 cm³/mol. The van der Waals surface area contributed by atoms with E-state index in [2.05, 4.69) is 11.3 Å². The lowest BCUT2D eigenvalue weighted by molar-refractivity contribution is 0.559. The highest BCUT2D eigenvalue weighted by molar-refractivity contribution is 7.89. The van der Waals surface area contributed by atoms with Gasteiger partial charge in [0.25, 0.3) is 0 Å². The highest BCUT2D eigenvalue weighted by atomic mass is 32.2. The SMILES string of the molecule is C=CCNS(=O)(=O)c1cc(CN)ccc1F. The third-order valence-corrected chi connectivity index (χ3v) is 3.38. The molecule has 0 saturated carbocycles. The van der Waals surface area contributed by atoms with Gasteiger partial charge in [-0.2, -0.15) is 0 Å². The minimum atomic E-state index is -3.84. The third-order valence-electron chi connectivity index (χ3n) is 1.94. The second-order valence-corrected chi connectivity index (χ2v) is 4.84. The summed E-state index contributed by atoms with van der Waals surface area (Å²) in [6.45, 7) is 3.58. The molecule has 0 spiro atoms. The van der Waals surface area contributed by atoms with Crippen LogP contribution >= 0.6 is 0 Å². The molecule has 1 aromatic carbocycles. The molecule has 0 heterocycles. The van der Waals surface area contributed by atoms with Crippen LogP contribution in [0, 0.1) is 5.82 Å². The van der Waals surface area contributed by atoms with Crippen molar-refractivity contribution in [2.24, 2.45) is 5.73 Å². The molecular formula is C10H13FN2O2S. The quantitative estimate of drug-likeness (QED) is 0.751. The first-order chi connectivity index (χ1) is 7.51.